The molecule has 6 heteroatoms. The number of carbonyl (C=O) groups is 1. The average molecular weight is 346 g/mol. The van der Waals surface area contributed by atoms with Gasteiger partial charge < -0.3 is 4.90 Å². The fourth-order valence-corrected chi connectivity index (χ4v) is 2.99. The lowest BCUT2D eigenvalue weighted by molar-refractivity contribution is -0.116. The molecule has 0 spiro atoms. The average Bonchev–Trinajstić information content (AvgIpc) is 2.93. The number of hydrogen-bond donors (Lipinski definition) is 0. The Hall–Kier alpha value is -0.910. The van der Waals surface area contributed by atoms with Gasteiger partial charge in [0.2, 0.25) is 5.91 Å². The number of nitrogens with zero attached hydrogens (tertiary/aromatic N) is 3. The summed E-state index contributed by atoms with van der Waals surface area (Å²) in [5.74, 6) is 0.239. The highest BCUT2D eigenvalue weighted by atomic mass is 79.9. The molecule has 1 aliphatic rings. The minimum absolute atomic E-state index is 0.0624. The number of halogens is 2. The molecular formula is C14H21BrFN3O. The first-order valence-electron chi connectivity index (χ1n) is 7.01. The Bertz CT molecular complexity index is 501. The van der Waals surface area contributed by atoms with Crippen molar-refractivity contribution < 1.29 is 9.18 Å². The summed E-state index contributed by atoms with van der Waals surface area (Å²) in [6.07, 6.45) is 1.49. The molecule has 1 amide bonds. The van der Waals surface area contributed by atoms with Gasteiger partial charge in [0.05, 0.1) is 28.4 Å². The minimum Gasteiger partial charge on any atom is -0.308 e. The van der Waals surface area contributed by atoms with E-state index in [0.29, 0.717) is 6.54 Å². The fourth-order valence-electron chi connectivity index (χ4n) is 2.53. The maximum absolute atomic E-state index is 13.6. The standard InChI is InChI=1S/C14H21BrFN3O/c1-8(2)13-12(18-6-5-11(15)14(18)20)7-17-19(13)10(4)9(3)16/h7-11H,5-6H2,1-4H3/t9-,10?,11?/m0/s1. The summed E-state index contributed by atoms with van der Waals surface area (Å²) in [5.41, 5.74) is 1.75. The van der Waals surface area contributed by atoms with Crippen LogP contribution in [0.5, 0.6) is 0 Å². The van der Waals surface area contributed by atoms with Gasteiger partial charge in [-0.15, -0.1) is 0 Å². The van der Waals surface area contributed by atoms with Crippen molar-refractivity contribution >= 4 is 27.5 Å². The summed E-state index contributed by atoms with van der Waals surface area (Å²) < 4.78 is 15.3. The number of carbonyl (C=O) groups excluding carboxylic acids is 1. The van der Waals surface area contributed by atoms with Gasteiger partial charge in [0.15, 0.2) is 0 Å². The van der Waals surface area contributed by atoms with E-state index < -0.39 is 6.17 Å². The van der Waals surface area contributed by atoms with Crippen molar-refractivity contribution in [3.8, 4) is 0 Å². The molecule has 1 saturated heterocycles. The van der Waals surface area contributed by atoms with Crippen LogP contribution in [0, 0.1) is 0 Å². The first kappa shape index (κ1) is 15.5. The number of amides is 1. The summed E-state index contributed by atoms with van der Waals surface area (Å²) in [4.78, 5) is 13.8. The Kier molecular flexibility index (Phi) is 4.52. The quantitative estimate of drug-likeness (QED) is 0.784. The molecule has 0 aliphatic carbocycles. The highest BCUT2D eigenvalue weighted by molar-refractivity contribution is 9.10. The van der Waals surface area contributed by atoms with Gasteiger partial charge in [-0.3, -0.25) is 9.48 Å². The van der Waals surface area contributed by atoms with Crippen LogP contribution >= 0.6 is 15.9 Å². The molecule has 0 radical (unpaired) electrons. The summed E-state index contributed by atoms with van der Waals surface area (Å²) in [7, 11) is 0. The van der Waals surface area contributed by atoms with E-state index in [1.54, 1.807) is 15.8 Å². The number of hydrogen-bond acceptors (Lipinski definition) is 2. The largest absolute Gasteiger partial charge is 0.308 e. The first-order valence-corrected chi connectivity index (χ1v) is 7.93. The van der Waals surface area contributed by atoms with E-state index in [2.05, 4.69) is 21.0 Å². The predicted molar refractivity (Wildman–Crippen MR) is 81.3 cm³/mol. The molecule has 4 nitrogen and oxygen atoms in total. The highest BCUT2D eigenvalue weighted by Gasteiger charge is 2.34. The number of aromatic nitrogens is 2. The van der Waals surface area contributed by atoms with Crippen molar-refractivity contribution in [1.29, 1.82) is 0 Å². The number of rotatable bonds is 4. The van der Waals surface area contributed by atoms with E-state index >= 15 is 0 Å². The third kappa shape index (κ3) is 2.62. The van der Waals surface area contributed by atoms with Crippen LogP contribution < -0.4 is 4.90 Å². The van der Waals surface area contributed by atoms with Crippen LogP contribution in [0.15, 0.2) is 6.20 Å². The van der Waals surface area contributed by atoms with Crippen LogP contribution in [0.4, 0.5) is 10.1 Å². The van der Waals surface area contributed by atoms with E-state index in [0.717, 1.165) is 17.8 Å². The molecule has 0 aromatic carbocycles. The van der Waals surface area contributed by atoms with Crippen molar-refractivity contribution in [2.45, 2.75) is 57.1 Å². The van der Waals surface area contributed by atoms with Crippen LogP contribution in [0.1, 0.15) is 51.8 Å². The second-order valence-corrected chi connectivity index (χ2v) is 6.78. The predicted octanol–water partition coefficient (Wildman–Crippen LogP) is 3.43. The molecular weight excluding hydrogens is 325 g/mol. The van der Waals surface area contributed by atoms with E-state index in [4.69, 9.17) is 0 Å². The van der Waals surface area contributed by atoms with Crippen molar-refractivity contribution in [2.24, 2.45) is 0 Å². The van der Waals surface area contributed by atoms with E-state index in [1.165, 1.54) is 6.92 Å². The van der Waals surface area contributed by atoms with Gasteiger partial charge >= 0.3 is 0 Å². The lowest BCUT2D eigenvalue weighted by Crippen LogP contribution is -2.28. The second kappa shape index (κ2) is 5.84. The molecule has 20 heavy (non-hydrogen) atoms. The van der Waals surface area contributed by atoms with E-state index in [1.807, 2.05) is 20.8 Å². The van der Waals surface area contributed by atoms with Gasteiger partial charge in [0.1, 0.15) is 6.17 Å². The number of alkyl halides is 2. The molecule has 2 heterocycles. The summed E-state index contributed by atoms with van der Waals surface area (Å²) in [6.45, 7) is 8.11. The topological polar surface area (TPSA) is 38.1 Å². The summed E-state index contributed by atoms with van der Waals surface area (Å²) in [5, 5.41) is 4.33. The molecule has 2 rings (SSSR count). The normalized spacial score (nSPS) is 22.6. The summed E-state index contributed by atoms with van der Waals surface area (Å²) >= 11 is 3.38. The van der Waals surface area contributed by atoms with Crippen molar-refractivity contribution in [2.75, 3.05) is 11.4 Å². The number of anilines is 1. The Balaban J connectivity index is 2.42. The third-order valence-corrected chi connectivity index (χ3v) is 4.69. The van der Waals surface area contributed by atoms with Gasteiger partial charge in [-0.05, 0) is 26.2 Å². The molecule has 0 N–H and O–H groups in total. The zero-order chi connectivity index (χ0) is 15.0. The third-order valence-electron chi connectivity index (χ3n) is 3.84. The van der Waals surface area contributed by atoms with E-state index in [9.17, 15) is 9.18 Å². The van der Waals surface area contributed by atoms with E-state index in [-0.39, 0.29) is 22.7 Å². The van der Waals surface area contributed by atoms with Gasteiger partial charge in [-0.1, -0.05) is 29.8 Å². The molecule has 112 valence electrons. The van der Waals surface area contributed by atoms with Crippen LogP contribution in [0.25, 0.3) is 0 Å². The second-order valence-electron chi connectivity index (χ2n) is 5.68. The fraction of sp³-hybridized carbons (Fsp3) is 0.714. The molecule has 2 unspecified atom stereocenters. The molecule has 1 aromatic rings. The van der Waals surface area contributed by atoms with Crippen molar-refractivity contribution in [1.82, 2.24) is 9.78 Å². The monoisotopic (exact) mass is 345 g/mol. The smallest absolute Gasteiger partial charge is 0.240 e. The SMILES string of the molecule is CC(C)c1c(N2CCC(Br)C2=O)cnn1C(C)[C@H](C)F. The minimum atomic E-state index is -0.988. The Morgan fingerprint density at radius 3 is 2.50 bits per heavy atom. The van der Waals surface area contributed by atoms with Crippen molar-refractivity contribution in [3.05, 3.63) is 11.9 Å². The maximum atomic E-state index is 13.6. The Morgan fingerprint density at radius 1 is 1.40 bits per heavy atom. The Morgan fingerprint density at radius 2 is 2.05 bits per heavy atom. The zero-order valence-corrected chi connectivity index (χ0v) is 13.9. The molecule has 0 saturated carbocycles. The molecule has 0 bridgehead atoms. The van der Waals surface area contributed by atoms with Gasteiger partial charge in [0, 0.05) is 6.54 Å². The van der Waals surface area contributed by atoms with Crippen LogP contribution in [0.3, 0.4) is 0 Å². The van der Waals surface area contributed by atoms with Crippen LogP contribution in [-0.2, 0) is 4.79 Å². The first-order chi connectivity index (χ1) is 9.34. The van der Waals surface area contributed by atoms with Gasteiger partial charge in [0.25, 0.3) is 0 Å². The van der Waals surface area contributed by atoms with Crippen molar-refractivity contribution in [3.63, 3.8) is 0 Å². The molecule has 1 fully saturated rings. The molecule has 1 aromatic heterocycles. The maximum Gasteiger partial charge on any atom is 0.240 e. The highest BCUT2D eigenvalue weighted by Crippen LogP contribution is 2.34. The van der Waals surface area contributed by atoms with Gasteiger partial charge in [-0.2, -0.15) is 5.10 Å². The van der Waals surface area contributed by atoms with Gasteiger partial charge in [-0.25, -0.2) is 4.39 Å². The molecule has 3 atom stereocenters. The van der Waals surface area contributed by atoms with Crippen LogP contribution in [-0.4, -0.2) is 33.2 Å². The lowest BCUT2D eigenvalue weighted by Gasteiger charge is -2.22. The molecule has 1 aliphatic heterocycles. The lowest BCUT2D eigenvalue weighted by atomic mass is 10.1. The zero-order valence-electron chi connectivity index (χ0n) is 12.3. The Labute approximate surface area is 127 Å². The van der Waals surface area contributed by atoms with Crippen LogP contribution in [0.2, 0.25) is 0 Å². The summed E-state index contributed by atoms with van der Waals surface area (Å²) in [6, 6.07) is -0.335.